The summed E-state index contributed by atoms with van der Waals surface area (Å²) in [6.45, 7) is 1.02. The Morgan fingerprint density at radius 3 is 2.80 bits per heavy atom. The van der Waals surface area contributed by atoms with Gasteiger partial charge in [-0.1, -0.05) is 18.0 Å². The summed E-state index contributed by atoms with van der Waals surface area (Å²) in [6, 6.07) is 1.75. The predicted molar refractivity (Wildman–Crippen MR) is 62.1 cm³/mol. The number of aromatic nitrogens is 2. The van der Waals surface area contributed by atoms with E-state index < -0.39 is 0 Å². The SMILES string of the molecule is CN(CC1CCC1)c1cc(Cl)nc(N)n1. The van der Waals surface area contributed by atoms with Crippen molar-refractivity contribution >= 4 is 23.4 Å². The van der Waals surface area contributed by atoms with Crippen molar-refractivity contribution in [1.82, 2.24) is 9.97 Å². The maximum Gasteiger partial charge on any atom is 0.223 e. The van der Waals surface area contributed by atoms with Gasteiger partial charge in [-0.25, -0.2) is 4.98 Å². The number of hydrogen-bond acceptors (Lipinski definition) is 4. The van der Waals surface area contributed by atoms with Crippen LogP contribution in [-0.2, 0) is 0 Å². The molecule has 15 heavy (non-hydrogen) atoms. The topological polar surface area (TPSA) is 55.0 Å². The number of nitrogen functional groups attached to an aromatic ring is 1. The fourth-order valence-corrected chi connectivity index (χ4v) is 1.96. The predicted octanol–water partition coefficient (Wildman–Crippen LogP) is 1.95. The standard InChI is InChI=1S/C10H15ClN4/c1-15(6-7-3-2-4-7)9-5-8(11)13-10(12)14-9/h5,7H,2-4,6H2,1H3,(H2,12,13,14). The van der Waals surface area contributed by atoms with Gasteiger partial charge in [0.1, 0.15) is 11.0 Å². The summed E-state index contributed by atoms with van der Waals surface area (Å²) in [5, 5.41) is 0.401. The van der Waals surface area contributed by atoms with Crippen LogP contribution in [0.2, 0.25) is 5.15 Å². The molecule has 0 aliphatic heterocycles. The van der Waals surface area contributed by atoms with Crippen LogP contribution in [0.25, 0.3) is 0 Å². The Bertz CT molecular complexity index is 331. The van der Waals surface area contributed by atoms with Crippen molar-refractivity contribution in [3.63, 3.8) is 0 Å². The lowest BCUT2D eigenvalue weighted by Crippen LogP contribution is -2.30. The molecule has 0 spiro atoms. The third-order valence-corrected chi connectivity index (χ3v) is 3.04. The number of rotatable bonds is 3. The first-order valence-electron chi connectivity index (χ1n) is 5.16. The number of hydrogen-bond donors (Lipinski definition) is 1. The fraction of sp³-hybridized carbons (Fsp3) is 0.600. The normalized spacial score (nSPS) is 16.1. The lowest BCUT2D eigenvalue weighted by molar-refractivity contribution is 0.321. The minimum atomic E-state index is 0.234. The van der Waals surface area contributed by atoms with Crippen LogP contribution in [0.4, 0.5) is 11.8 Å². The summed E-state index contributed by atoms with van der Waals surface area (Å²) in [6.07, 6.45) is 3.99. The number of halogens is 1. The van der Waals surface area contributed by atoms with Crippen molar-refractivity contribution in [3.05, 3.63) is 11.2 Å². The van der Waals surface area contributed by atoms with E-state index in [1.165, 1.54) is 19.3 Å². The summed E-state index contributed by atoms with van der Waals surface area (Å²) in [7, 11) is 2.01. The van der Waals surface area contributed by atoms with Gasteiger partial charge in [-0.15, -0.1) is 0 Å². The van der Waals surface area contributed by atoms with Crippen LogP contribution in [0.1, 0.15) is 19.3 Å². The molecule has 0 saturated heterocycles. The van der Waals surface area contributed by atoms with Gasteiger partial charge in [0.25, 0.3) is 0 Å². The first-order valence-corrected chi connectivity index (χ1v) is 5.54. The van der Waals surface area contributed by atoms with Crippen molar-refractivity contribution in [3.8, 4) is 0 Å². The highest BCUT2D eigenvalue weighted by Crippen LogP contribution is 2.28. The Hall–Kier alpha value is -1.03. The molecule has 82 valence electrons. The van der Waals surface area contributed by atoms with Crippen molar-refractivity contribution in [2.24, 2.45) is 5.92 Å². The molecular weight excluding hydrogens is 212 g/mol. The van der Waals surface area contributed by atoms with Crippen LogP contribution < -0.4 is 10.6 Å². The quantitative estimate of drug-likeness (QED) is 0.801. The summed E-state index contributed by atoms with van der Waals surface area (Å²) in [5.41, 5.74) is 5.54. The monoisotopic (exact) mass is 226 g/mol. The first-order chi connectivity index (χ1) is 7.15. The van der Waals surface area contributed by atoms with Crippen LogP contribution in [0.3, 0.4) is 0 Å². The van der Waals surface area contributed by atoms with Gasteiger partial charge in [-0.3, -0.25) is 0 Å². The zero-order valence-electron chi connectivity index (χ0n) is 8.78. The Morgan fingerprint density at radius 2 is 2.27 bits per heavy atom. The molecule has 0 aromatic carbocycles. The molecule has 1 saturated carbocycles. The molecule has 0 radical (unpaired) electrons. The Morgan fingerprint density at radius 1 is 1.53 bits per heavy atom. The van der Waals surface area contributed by atoms with Crippen LogP contribution in [0, 0.1) is 5.92 Å². The van der Waals surface area contributed by atoms with Crippen molar-refractivity contribution < 1.29 is 0 Å². The van der Waals surface area contributed by atoms with E-state index in [0.29, 0.717) is 5.15 Å². The van der Waals surface area contributed by atoms with Gasteiger partial charge in [0, 0.05) is 19.7 Å². The van der Waals surface area contributed by atoms with Crippen LogP contribution in [-0.4, -0.2) is 23.6 Å². The summed E-state index contributed by atoms with van der Waals surface area (Å²) in [4.78, 5) is 10.1. The smallest absolute Gasteiger partial charge is 0.223 e. The van der Waals surface area contributed by atoms with E-state index >= 15 is 0 Å². The van der Waals surface area contributed by atoms with Crippen molar-refractivity contribution in [1.29, 1.82) is 0 Å². The fourth-order valence-electron chi connectivity index (χ4n) is 1.77. The van der Waals surface area contributed by atoms with Gasteiger partial charge in [-0.2, -0.15) is 4.98 Å². The highest BCUT2D eigenvalue weighted by molar-refractivity contribution is 6.29. The average Bonchev–Trinajstić information content (AvgIpc) is 2.09. The zero-order valence-corrected chi connectivity index (χ0v) is 9.54. The maximum absolute atomic E-state index is 5.82. The molecule has 0 atom stereocenters. The molecule has 1 aromatic rings. The maximum atomic E-state index is 5.82. The van der Waals surface area contributed by atoms with Gasteiger partial charge in [0.2, 0.25) is 5.95 Å². The Labute approximate surface area is 94.5 Å². The molecule has 0 bridgehead atoms. The van der Waals surface area contributed by atoms with E-state index in [1.54, 1.807) is 6.07 Å². The molecule has 1 heterocycles. The second-order valence-corrected chi connectivity index (χ2v) is 4.47. The molecule has 1 aromatic heterocycles. The summed E-state index contributed by atoms with van der Waals surface area (Å²) < 4.78 is 0. The molecule has 5 heteroatoms. The molecule has 2 rings (SSSR count). The molecular formula is C10H15ClN4. The van der Waals surface area contributed by atoms with E-state index in [1.807, 2.05) is 7.05 Å². The second-order valence-electron chi connectivity index (χ2n) is 4.08. The van der Waals surface area contributed by atoms with Crippen LogP contribution >= 0.6 is 11.6 Å². The second kappa shape index (κ2) is 4.23. The molecule has 0 unspecified atom stereocenters. The Kier molecular flexibility index (Phi) is 2.95. The van der Waals surface area contributed by atoms with Crippen LogP contribution in [0.15, 0.2) is 6.07 Å². The highest BCUT2D eigenvalue weighted by atomic mass is 35.5. The third-order valence-electron chi connectivity index (χ3n) is 2.85. The molecule has 0 amide bonds. The third kappa shape index (κ3) is 2.50. The van der Waals surface area contributed by atoms with Crippen molar-refractivity contribution in [2.45, 2.75) is 19.3 Å². The highest BCUT2D eigenvalue weighted by Gasteiger charge is 2.19. The average molecular weight is 227 g/mol. The number of nitrogens with zero attached hydrogens (tertiary/aromatic N) is 3. The minimum Gasteiger partial charge on any atom is -0.368 e. The zero-order chi connectivity index (χ0) is 10.8. The summed E-state index contributed by atoms with van der Waals surface area (Å²) >= 11 is 5.82. The molecule has 1 fully saturated rings. The summed E-state index contributed by atoms with van der Waals surface area (Å²) in [5.74, 6) is 1.84. The largest absolute Gasteiger partial charge is 0.368 e. The lowest BCUT2D eigenvalue weighted by Gasteiger charge is -2.30. The minimum absolute atomic E-state index is 0.234. The molecule has 4 nitrogen and oxygen atoms in total. The molecule has 1 aliphatic rings. The van der Waals surface area contributed by atoms with E-state index in [2.05, 4.69) is 14.9 Å². The molecule has 1 aliphatic carbocycles. The Balaban J connectivity index is 2.06. The number of anilines is 2. The van der Waals surface area contributed by atoms with Gasteiger partial charge in [0.05, 0.1) is 0 Å². The van der Waals surface area contributed by atoms with E-state index in [9.17, 15) is 0 Å². The van der Waals surface area contributed by atoms with Gasteiger partial charge in [-0.05, 0) is 18.8 Å². The van der Waals surface area contributed by atoms with Gasteiger partial charge in [0.15, 0.2) is 0 Å². The number of nitrogens with two attached hydrogens (primary N) is 1. The van der Waals surface area contributed by atoms with E-state index in [0.717, 1.165) is 18.3 Å². The van der Waals surface area contributed by atoms with E-state index in [4.69, 9.17) is 17.3 Å². The van der Waals surface area contributed by atoms with E-state index in [-0.39, 0.29) is 5.95 Å². The van der Waals surface area contributed by atoms with Crippen LogP contribution in [0.5, 0.6) is 0 Å². The lowest BCUT2D eigenvalue weighted by atomic mass is 9.85. The molecule has 2 N–H and O–H groups in total. The van der Waals surface area contributed by atoms with Crippen molar-refractivity contribution in [2.75, 3.05) is 24.2 Å². The van der Waals surface area contributed by atoms with Gasteiger partial charge >= 0.3 is 0 Å². The first kappa shape index (κ1) is 10.5. The van der Waals surface area contributed by atoms with Gasteiger partial charge < -0.3 is 10.6 Å².